The molecule has 2 unspecified atom stereocenters. The largest absolute Gasteiger partial charge is 0.490 e. The van der Waals surface area contributed by atoms with E-state index in [0.29, 0.717) is 12.8 Å². The molecule has 0 aromatic rings. The Morgan fingerprint density at radius 3 is 2.39 bits per heavy atom. The molecule has 162 valence electrons. The summed E-state index contributed by atoms with van der Waals surface area (Å²) in [5.74, 6) is 0.161. The molecule has 4 atom stereocenters. The van der Waals surface area contributed by atoms with Crippen LogP contribution in [0.4, 0.5) is 0 Å². The fourth-order valence-corrected chi connectivity index (χ4v) is 4.99. The standard InChI is InChI=1S/C10H20N3O12P3/c1-12-9(11)4-5-13(7-14)10-3-2-8(23-10)6-22-27(18,19)25-28(20,21)24-26(15,16)17/h4-5,7-8,10H,2-3,6H2,1H3,(H2,11,12)(H,18,19)(H,20,21)(H2,15,16,17)/b5-4-/t8-,10+/m0/s1. The van der Waals surface area contributed by atoms with Gasteiger partial charge in [-0.05, 0) is 18.9 Å². The van der Waals surface area contributed by atoms with E-state index in [0.717, 1.165) is 4.90 Å². The van der Waals surface area contributed by atoms with Crippen LogP contribution in [0.3, 0.4) is 0 Å². The lowest BCUT2D eigenvalue weighted by Crippen LogP contribution is -2.30. The van der Waals surface area contributed by atoms with Crippen LogP contribution in [0.15, 0.2) is 17.3 Å². The van der Waals surface area contributed by atoms with Crippen LogP contribution in [0.2, 0.25) is 0 Å². The van der Waals surface area contributed by atoms with E-state index in [1.54, 1.807) is 0 Å². The number of carbonyl (C=O) groups excluding carboxylic acids is 1. The Morgan fingerprint density at radius 2 is 1.86 bits per heavy atom. The first-order valence-corrected chi connectivity index (χ1v) is 11.9. The van der Waals surface area contributed by atoms with Crippen molar-refractivity contribution in [2.75, 3.05) is 13.7 Å². The highest BCUT2D eigenvalue weighted by Gasteiger charge is 2.41. The van der Waals surface area contributed by atoms with Gasteiger partial charge in [0.2, 0.25) is 6.41 Å². The summed E-state index contributed by atoms with van der Waals surface area (Å²) in [6.45, 7) is -0.588. The van der Waals surface area contributed by atoms with Crippen molar-refractivity contribution in [2.45, 2.75) is 25.2 Å². The molecule has 0 bridgehead atoms. The highest BCUT2D eigenvalue weighted by molar-refractivity contribution is 7.66. The molecular weight excluding hydrogens is 447 g/mol. The first-order valence-electron chi connectivity index (χ1n) is 7.34. The van der Waals surface area contributed by atoms with E-state index < -0.39 is 42.4 Å². The van der Waals surface area contributed by atoms with Gasteiger partial charge in [-0.25, -0.2) is 13.7 Å². The second-order valence-corrected chi connectivity index (χ2v) is 9.61. The van der Waals surface area contributed by atoms with Crippen LogP contribution in [0.1, 0.15) is 12.8 Å². The minimum atomic E-state index is -5.58. The molecule has 1 fully saturated rings. The number of carbonyl (C=O) groups is 1. The second kappa shape index (κ2) is 10.2. The monoisotopic (exact) mass is 467 g/mol. The topological polar surface area (TPSA) is 228 Å². The first-order chi connectivity index (χ1) is 12.8. The number of hydrogen-bond acceptors (Lipinski definition) is 9. The average Bonchev–Trinajstić information content (AvgIpc) is 2.99. The lowest BCUT2D eigenvalue weighted by molar-refractivity contribution is -0.127. The Bertz CT molecular complexity index is 751. The van der Waals surface area contributed by atoms with Crippen LogP contribution >= 0.6 is 23.5 Å². The van der Waals surface area contributed by atoms with E-state index in [2.05, 4.69) is 18.1 Å². The molecule has 28 heavy (non-hydrogen) atoms. The second-order valence-electron chi connectivity index (χ2n) is 5.19. The third-order valence-corrected chi connectivity index (χ3v) is 6.86. The van der Waals surface area contributed by atoms with Gasteiger partial charge in [0.25, 0.3) is 0 Å². The van der Waals surface area contributed by atoms with E-state index >= 15 is 0 Å². The Morgan fingerprint density at radius 1 is 1.21 bits per heavy atom. The number of nitrogens with two attached hydrogens (primary N) is 1. The summed E-state index contributed by atoms with van der Waals surface area (Å²) in [6.07, 6.45) is 2.25. The molecule has 0 aliphatic carbocycles. The zero-order valence-corrected chi connectivity index (χ0v) is 17.1. The summed E-state index contributed by atoms with van der Waals surface area (Å²) in [5.41, 5.74) is 5.47. The molecular formula is C10H20N3O12P3. The van der Waals surface area contributed by atoms with Gasteiger partial charge in [0.05, 0.1) is 12.7 Å². The molecule has 0 radical (unpaired) electrons. The van der Waals surface area contributed by atoms with Crippen molar-refractivity contribution in [3.05, 3.63) is 12.3 Å². The molecule has 6 N–H and O–H groups in total. The smallest absolute Gasteiger partial charge is 0.384 e. The van der Waals surface area contributed by atoms with Crippen molar-refractivity contribution >= 4 is 35.7 Å². The molecule has 0 saturated carbocycles. The fourth-order valence-electron chi connectivity index (χ4n) is 1.95. The first kappa shape index (κ1) is 25.1. The minimum Gasteiger partial charge on any atom is -0.384 e. The number of phosphoric ester groups is 1. The van der Waals surface area contributed by atoms with Gasteiger partial charge in [0.1, 0.15) is 12.1 Å². The fraction of sp³-hybridized carbons (Fsp3) is 0.600. The summed E-state index contributed by atoms with van der Waals surface area (Å²) < 4.78 is 50.5. The molecule has 15 nitrogen and oxygen atoms in total. The molecule has 1 aliphatic heterocycles. The summed E-state index contributed by atoms with van der Waals surface area (Å²) >= 11 is 0. The number of nitrogens with zero attached hydrogens (tertiary/aromatic N) is 2. The molecule has 1 aliphatic rings. The average molecular weight is 467 g/mol. The summed E-state index contributed by atoms with van der Waals surface area (Å²) in [6, 6.07) is 0. The van der Waals surface area contributed by atoms with Gasteiger partial charge in [-0.1, -0.05) is 0 Å². The molecule has 0 aromatic heterocycles. The number of aliphatic imine (C=N–C) groups is 1. The lowest BCUT2D eigenvalue weighted by Gasteiger charge is -2.22. The lowest BCUT2D eigenvalue weighted by atomic mass is 10.2. The molecule has 1 heterocycles. The third kappa shape index (κ3) is 9.50. The summed E-state index contributed by atoms with van der Waals surface area (Å²) in [4.78, 5) is 51.3. The molecule has 0 aromatic carbocycles. The van der Waals surface area contributed by atoms with Crippen LogP contribution in [-0.2, 0) is 36.4 Å². The summed E-state index contributed by atoms with van der Waals surface area (Å²) in [7, 11) is -14.8. The molecule has 0 spiro atoms. The highest BCUT2D eigenvalue weighted by atomic mass is 31.3. The Kier molecular flexibility index (Phi) is 9.13. The van der Waals surface area contributed by atoms with Crippen molar-refractivity contribution < 1.29 is 55.9 Å². The maximum atomic E-state index is 11.6. The Labute approximate surface area is 159 Å². The zero-order valence-electron chi connectivity index (χ0n) is 14.4. The van der Waals surface area contributed by atoms with Crippen LogP contribution in [0.25, 0.3) is 0 Å². The number of amides is 1. The van der Waals surface area contributed by atoms with Gasteiger partial charge in [-0.15, -0.1) is 0 Å². The van der Waals surface area contributed by atoms with Gasteiger partial charge in [-0.3, -0.25) is 19.2 Å². The summed E-state index contributed by atoms with van der Waals surface area (Å²) in [5, 5.41) is 0. The number of amidine groups is 1. The van der Waals surface area contributed by atoms with Crippen molar-refractivity contribution in [1.29, 1.82) is 0 Å². The third-order valence-electron chi connectivity index (χ3n) is 3.05. The van der Waals surface area contributed by atoms with Crippen LogP contribution in [-0.4, -0.2) is 62.7 Å². The van der Waals surface area contributed by atoms with Crippen molar-refractivity contribution in [3.63, 3.8) is 0 Å². The van der Waals surface area contributed by atoms with Crippen molar-refractivity contribution in [1.82, 2.24) is 4.90 Å². The number of phosphoric acid groups is 3. The normalized spacial score (nSPS) is 25.4. The highest BCUT2D eigenvalue weighted by Crippen LogP contribution is 2.66. The Balaban J connectivity index is 2.58. The Hall–Kier alpha value is -0.950. The molecule has 1 rings (SSSR count). The van der Waals surface area contributed by atoms with E-state index in [9.17, 15) is 23.4 Å². The number of hydrogen-bond donors (Lipinski definition) is 5. The molecule has 1 amide bonds. The maximum Gasteiger partial charge on any atom is 0.490 e. The SMILES string of the molecule is CN=C(N)/C=C\N(C=O)[C@H]1CC[C@@H](COP(=O)(O)OP(=O)(O)OP(=O)(O)O)O1. The van der Waals surface area contributed by atoms with Gasteiger partial charge < -0.3 is 30.0 Å². The van der Waals surface area contributed by atoms with Gasteiger partial charge >= 0.3 is 23.5 Å². The van der Waals surface area contributed by atoms with E-state index in [1.807, 2.05) is 0 Å². The quantitative estimate of drug-likeness (QED) is 0.115. The van der Waals surface area contributed by atoms with E-state index in [-0.39, 0.29) is 12.3 Å². The minimum absolute atomic E-state index is 0.161. The van der Waals surface area contributed by atoms with E-state index in [1.165, 1.54) is 19.3 Å². The van der Waals surface area contributed by atoms with E-state index in [4.69, 9.17) is 25.2 Å². The predicted molar refractivity (Wildman–Crippen MR) is 92.3 cm³/mol. The number of rotatable bonds is 11. The zero-order chi connectivity index (χ0) is 21.6. The van der Waals surface area contributed by atoms with Gasteiger partial charge in [0, 0.05) is 13.2 Å². The maximum absolute atomic E-state index is 11.6. The molecule has 18 heteroatoms. The van der Waals surface area contributed by atoms with Crippen LogP contribution < -0.4 is 5.73 Å². The van der Waals surface area contributed by atoms with Crippen molar-refractivity contribution in [2.24, 2.45) is 10.7 Å². The molecule has 1 saturated heterocycles. The van der Waals surface area contributed by atoms with Gasteiger partial charge in [0.15, 0.2) is 0 Å². The number of ether oxygens (including phenoxy) is 1. The van der Waals surface area contributed by atoms with Crippen molar-refractivity contribution in [3.8, 4) is 0 Å². The van der Waals surface area contributed by atoms with Crippen LogP contribution in [0, 0.1) is 0 Å². The van der Waals surface area contributed by atoms with Crippen LogP contribution in [0.5, 0.6) is 0 Å². The predicted octanol–water partition coefficient (Wildman–Crippen LogP) is -0.206. The van der Waals surface area contributed by atoms with Gasteiger partial charge in [-0.2, -0.15) is 8.62 Å².